The molecule has 0 bridgehead atoms. The van der Waals surface area contributed by atoms with E-state index >= 15 is 0 Å². The lowest BCUT2D eigenvalue weighted by Gasteiger charge is -2.22. The van der Waals surface area contributed by atoms with Crippen LogP contribution in [0.2, 0.25) is 20.1 Å². The number of rotatable bonds is 32. The molecular formula is C100H110Cl4N18O10. The molecule has 16 rings (SSSR count). The number of hydrogen-bond acceptors (Lipinski definition) is 22. The number of fused-ring (bicyclic) bond motifs is 8. The number of carbonyl (C=O) groups excluding carboxylic acids is 4. The smallest absolute Gasteiger partial charge is 0.251 e. The van der Waals surface area contributed by atoms with Crippen LogP contribution in [0.5, 0.6) is 0 Å². The number of amides is 4. The number of carbonyl (C=O) groups is 4. The Morgan fingerprint density at radius 2 is 0.621 bits per heavy atom. The molecular weight excluding hydrogens is 1760 g/mol. The molecule has 18 N–H and O–H groups in total. The molecule has 4 atom stereocenters. The van der Waals surface area contributed by atoms with Gasteiger partial charge in [-0.25, -0.2) is 19.9 Å². The minimum atomic E-state index is -0.638. The first-order valence-corrected chi connectivity index (χ1v) is 45.5. The molecule has 0 radical (unpaired) electrons. The van der Waals surface area contributed by atoms with Crippen molar-refractivity contribution in [2.75, 3.05) is 128 Å². The summed E-state index contributed by atoms with van der Waals surface area (Å²) in [5.74, 6) is 1.59. The molecule has 0 fully saturated rings. The van der Waals surface area contributed by atoms with E-state index in [-0.39, 0.29) is 49.8 Å². The second-order valence-corrected chi connectivity index (χ2v) is 33.8. The molecule has 32 heteroatoms. The van der Waals surface area contributed by atoms with Gasteiger partial charge in [-0.15, -0.1) is 0 Å². The van der Waals surface area contributed by atoms with E-state index in [1.165, 1.54) is 0 Å². The number of aliphatic hydroxyl groups excluding tert-OH is 4. The lowest BCUT2D eigenvalue weighted by atomic mass is 10.0. The molecule has 0 aliphatic carbocycles. The Hall–Kier alpha value is -12.5. The van der Waals surface area contributed by atoms with Crippen LogP contribution in [0.3, 0.4) is 0 Å². The molecule has 8 aromatic heterocycles. The molecule has 4 unspecified atom stereocenters. The molecule has 0 saturated carbocycles. The summed E-state index contributed by atoms with van der Waals surface area (Å²) in [6.45, 7) is 26.0. The van der Waals surface area contributed by atoms with Crippen LogP contribution in [-0.2, 0) is 0 Å². The number of furan rings is 2. The maximum Gasteiger partial charge on any atom is 0.251 e. The first kappa shape index (κ1) is 97.0. The van der Waals surface area contributed by atoms with Crippen LogP contribution in [0.4, 0.5) is 23.3 Å². The molecule has 8 aromatic carbocycles. The quantitative estimate of drug-likeness (QED) is 0.0186. The molecule has 16 aromatic rings. The molecule has 688 valence electrons. The van der Waals surface area contributed by atoms with Gasteiger partial charge in [-0.2, -0.15) is 0 Å². The predicted octanol–water partition coefficient (Wildman–Crippen LogP) is 16.7. The second kappa shape index (κ2) is 44.6. The number of nitrogens with one attached hydrogen (secondary N) is 6. The average Bonchev–Trinajstić information content (AvgIpc) is 1.58. The van der Waals surface area contributed by atoms with E-state index in [2.05, 4.69) is 70.8 Å². The van der Waals surface area contributed by atoms with Crippen LogP contribution in [0, 0.1) is 0 Å². The number of halogens is 4. The molecule has 8 heterocycles. The number of aliphatic hydroxyl groups is 4. The maximum atomic E-state index is 12.7. The van der Waals surface area contributed by atoms with E-state index in [4.69, 9.17) is 78.2 Å². The van der Waals surface area contributed by atoms with Gasteiger partial charge in [-0.05, 0) is 207 Å². The number of H-pyrrole nitrogens is 2. The highest BCUT2D eigenvalue weighted by Gasteiger charge is 2.24. The number of anilines is 4. The Kier molecular flexibility index (Phi) is 32.8. The molecule has 0 aliphatic heterocycles. The second-order valence-electron chi connectivity index (χ2n) is 32.1. The van der Waals surface area contributed by atoms with E-state index in [1.54, 1.807) is 85.5 Å². The Bertz CT molecular complexity index is 5980. The van der Waals surface area contributed by atoms with E-state index in [1.807, 2.05) is 165 Å². The number of hydrogen-bond donors (Lipinski definition) is 14. The number of aromatic nitrogens is 6. The summed E-state index contributed by atoms with van der Waals surface area (Å²) in [5, 5.41) is 65.1. The summed E-state index contributed by atoms with van der Waals surface area (Å²) in [7, 11) is 0. The lowest BCUT2D eigenvalue weighted by Crippen LogP contribution is -2.40. The number of benzene rings is 8. The Balaban J connectivity index is 0.000000150. The van der Waals surface area contributed by atoms with Crippen molar-refractivity contribution in [1.29, 1.82) is 0 Å². The van der Waals surface area contributed by atoms with Gasteiger partial charge in [0.05, 0.1) is 46.9 Å². The Labute approximate surface area is 784 Å². The van der Waals surface area contributed by atoms with Crippen molar-refractivity contribution >= 4 is 180 Å². The fraction of sp³-hybridized carbons (Fsp3) is 0.280. The van der Waals surface area contributed by atoms with Crippen molar-refractivity contribution in [1.82, 2.24) is 70.8 Å². The third-order valence-electron chi connectivity index (χ3n) is 23.3. The van der Waals surface area contributed by atoms with Crippen LogP contribution in [0.25, 0.3) is 132 Å². The van der Waals surface area contributed by atoms with Gasteiger partial charge in [0, 0.05) is 185 Å². The van der Waals surface area contributed by atoms with E-state index in [0.29, 0.717) is 126 Å². The minimum absolute atomic E-state index is 0.176. The predicted molar refractivity (Wildman–Crippen MR) is 534 cm³/mol. The van der Waals surface area contributed by atoms with Crippen molar-refractivity contribution in [3.05, 3.63) is 237 Å². The summed E-state index contributed by atoms with van der Waals surface area (Å²) < 4.78 is 12.1. The van der Waals surface area contributed by atoms with Gasteiger partial charge in [0.2, 0.25) is 0 Å². The number of pyridine rings is 4. The molecule has 0 saturated heterocycles. The molecule has 0 spiro atoms. The van der Waals surface area contributed by atoms with Crippen LogP contribution >= 0.6 is 46.4 Å². The first-order chi connectivity index (χ1) is 63.6. The van der Waals surface area contributed by atoms with Gasteiger partial charge in [-0.3, -0.25) is 19.2 Å². The van der Waals surface area contributed by atoms with Crippen molar-refractivity contribution in [3.8, 4) is 45.2 Å². The fourth-order valence-electron chi connectivity index (χ4n) is 15.9. The highest BCUT2D eigenvalue weighted by molar-refractivity contribution is 6.33. The third-order valence-corrected chi connectivity index (χ3v) is 24.3. The zero-order valence-electron chi connectivity index (χ0n) is 74.7. The Morgan fingerprint density at radius 3 is 1.01 bits per heavy atom. The third kappa shape index (κ3) is 23.7. The molecule has 28 nitrogen and oxygen atoms in total. The van der Waals surface area contributed by atoms with Crippen molar-refractivity contribution < 1.29 is 48.4 Å². The van der Waals surface area contributed by atoms with Crippen LogP contribution in [0.15, 0.2) is 203 Å². The van der Waals surface area contributed by atoms with Gasteiger partial charge in [0.25, 0.3) is 23.6 Å². The normalized spacial score (nSPS) is 12.5. The zero-order chi connectivity index (χ0) is 94.1. The summed E-state index contributed by atoms with van der Waals surface area (Å²) >= 11 is 24.9. The van der Waals surface area contributed by atoms with Gasteiger partial charge in [0.15, 0.2) is 0 Å². The van der Waals surface area contributed by atoms with Gasteiger partial charge in [-0.1, -0.05) is 138 Å². The van der Waals surface area contributed by atoms with Crippen molar-refractivity contribution in [2.24, 2.45) is 0 Å². The SMILES string of the molecule is CCN(CC)CC(O)CNC(=O)c1ccc2[nH]c(-c3c(N)ncc4ccc(Cl)cc34)cc2c1.CCN(CC)CC(O)CNC(=O)c1ccc2cc(-c3c(N)ncc4ccc(Cl)cc34)[nH]c2c1.CCN(CC)CC(O)CNC(=O)c1ccc2cc(-c3c(N)ncc4ccc(Cl)cc34)oc2c1.CCN(CC)CC(O)CNC(=O)c1ccc2oc(-c3c(N)ncc4ccc(Cl)cc34)cc2c1. The number of nitrogens with two attached hydrogens (primary N) is 4. The van der Waals surface area contributed by atoms with Crippen LogP contribution in [-0.4, -0.2) is 223 Å². The van der Waals surface area contributed by atoms with Gasteiger partial charge < -0.3 is 103 Å². The van der Waals surface area contributed by atoms with E-state index in [9.17, 15) is 39.6 Å². The summed E-state index contributed by atoms with van der Waals surface area (Å²) in [6, 6.07) is 51.2. The molecule has 132 heavy (non-hydrogen) atoms. The Morgan fingerprint density at radius 1 is 0.326 bits per heavy atom. The summed E-state index contributed by atoms with van der Waals surface area (Å²) in [6.07, 6.45) is 4.34. The highest BCUT2D eigenvalue weighted by Crippen LogP contribution is 2.42. The largest absolute Gasteiger partial charge is 0.456 e. The van der Waals surface area contributed by atoms with Crippen molar-refractivity contribution in [3.63, 3.8) is 0 Å². The average molecular weight is 1870 g/mol. The van der Waals surface area contributed by atoms with E-state index in [0.717, 1.165) is 151 Å². The topological polar surface area (TPSA) is 424 Å². The number of nitrogen functional groups attached to an aromatic ring is 4. The minimum Gasteiger partial charge on any atom is -0.456 e. The van der Waals surface area contributed by atoms with Gasteiger partial charge >= 0.3 is 0 Å². The fourth-order valence-corrected chi connectivity index (χ4v) is 16.6. The monoisotopic (exact) mass is 1860 g/mol. The van der Waals surface area contributed by atoms with Crippen molar-refractivity contribution in [2.45, 2.75) is 79.8 Å². The number of likely N-dealkylation sites (N-methyl/N-ethyl adjacent to an activating group) is 4. The lowest BCUT2D eigenvalue weighted by molar-refractivity contribution is 0.0866. The van der Waals surface area contributed by atoms with Crippen LogP contribution in [0.1, 0.15) is 96.8 Å². The number of aromatic amines is 2. The zero-order valence-corrected chi connectivity index (χ0v) is 77.8. The maximum absolute atomic E-state index is 12.7. The van der Waals surface area contributed by atoms with Gasteiger partial charge in [0.1, 0.15) is 46.0 Å². The number of nitrogens with zero attached hydrogens (tertiary/aromatic N) is 8. The molecule has 0 aliphatic rings. The highest BCUT2D eigenvalue weighted by atomic mass is 35.5. The summed E-state index contributed by atoms with van der Waals surface area (Å²) in [4.78, 5) is 83.0. The summed E-state index contributed by atoms with van der Waals surface area (Å²) in [5.41, 5.74) is 34.1. The first-order valence-electron chi connectivity index (χ1n) is 44.0. The van der Waals surface area contributed by atoms with Crippen LogP contribution < -0.4 is 44.2 Å². The van der Waals surface area contributed by atoms with E-state index < -0.39 is 24.4 Å². The standard InChI is InChI=1S/2C25H28ClN5O2.2C25H27ClN4O3/c1-3-31(4-2)14-19(32)13-29-25(33)15-6-8-21-17(9-15)10-22(30-21)23-20-11-18(26)7-5-16(20)12-28-24(23)27;1-3-31(4-2)14-19(32)13-29-25(33)16-6-5-15-9-22(30-21(15)10-16)23-20-11-18(26)8-7-17(20)12-28-24(23)27;1-3-30(4-2)14-19(31)13-29-25(32)15-6-8-21-17(9-15)10-22(33-21)23-20-11-18(26)7-5-16(20)12-28-24(23)27;1-3-30(4-2)14-19(31)13-29-25(32)16-6-5-15-9-22(33-21(15)10-16)23-20-11-18(26)8-7-17(20)12-28-24(23)27/h2*5-12,19,30,32H,3-4,13-14H2,1-2H3,(H2,27,28)(H,29,33);2*5-12,19,31H,3-4,13-14H2,1-2H3,(H2,27,28)(H,29,32). The molecule has 4 amide bonds.